The summed E-state index contributed by atoms with van der Waals surface area (Å²) < 4.78 is 21.9. The number of imide groups is 1. The van der Waals surface area contributed by atoms with Gasteiger partial charge in [0.15, 0.2) is 11.0 Å². The zero-order valence-corrected chi connectivity index (χ0v) is 18.3. The Morgan fingerprint density at radius 1 is 1.12 bits per heavy atom. The highest BCUT2D eigenvalue weighted by molar-refractivity contribution is 7.99. The fourth-order valence-electron chi connectivity index (χ4n) is 3.34. The van der Waals surface area contributed by atoms with Crippen LogP contribution in [0.15, 0.2) is 53.7 Å². The lowest BCUT2D eigenvalue weighted by Crippen LogP contribution is -2.32. The van der Waals surface area contributed by atoms with Crippen LogP contribution in [-0.2, 0) is 4.79 Å². The van der Waals surface area contributed by atoms with Gasteiger partial charge in [0.2, 0.25) is 5.91 Å². The molecule has 1 aromatic heterocycles. The minimum absolute atomic E-state index is 0.0407. The zero-order valence-electron chi connectivity index (χ0n) is 17.5. The first-order chi connectivity index (χ1) is 15.6. The number of carbonyl (C=O) groups excluding carboxylic acids is 2. The number of urea groups is 1. The summed E-state index contributed by atoms with van der Waals surface area (Å²) in [6.07, 6.45) is 0.576. The van der Waals surface area contributed by atoms with E-state index in [9.17, 15) is 14.0 Å². The van der Waals surface area contributed by atoms with Gasteiger partial charge in [-0.05, 0) is 49.7 Å². The quantitative estimate of drug-likeness (QED) is 0.302. The van der Waals surface area contributed by atoms with Crippen LogP contribution in [0, 0.1) is 5.82 Å². The van der Waals surface area contributed by atoms with Crippen molar-refractivity contribution in [3.8, 4) is 22.8 Å². The van der Waals surface area contributed by atoms with Crippen molar-refractivity contribution in [3.05, 3.63) is 54.3 Å². The fraction of sp³-hybridized carbons (Fsp3) is 0.273. The number of carbonyl (C=O) groups is 2. The molecule has 1 N–H and O–H groups in total. The van der Waals surface area contributed by atoms with Crippen LogP contribution in [0.3, 0.4) is 0 Å². The zero-order chi connectivity index (χ0) is 22.5. The molecule has 4 rings (SSSR count). The molecule has 0 spiro atoms. The van der Waals surface area contributed by atoms with Crippen molar-refractivity contribution in [1.82, 2.24) is 25.0 Å². The lowest BCUT2D eigenvalue weighted by atomic mass is 10.2. The first-order valence-electron chi connectivity index (χ1n) is 10.2. The van der Waals surface area contributed by atoms with Gasteiger partial charge < -0.3 is 10.1 Å². The number of nitrogens with zero attached hydrogens (tertiary/aromatic N) is 4. The van der Waals surface area contributed by atoms with Gasteiger partial charge in [0.05, 0.1) is 18.8 Å². The number of benzene rings is 2. The Kier molecular flexibility index (Phi) is 6.69. The van der Waals surface area contributed by atoms with Crippen LogP contribution in [0.5, 0.6) is 5.75 Å². The first-order valence-corrected chi connectivity index (χ1v) is 11.2. The molecule has 166 valence electrons. The van der Waals surface area contributed by atoms with Gasteiger partial charge in [0.25, 0.3) is 0 Å². The highest BCUT2D eigenvalue weighted by Gasteiger charge is 2.27. The second-order valence-corrected chi connectivity index (χ2v) is 8.02. The predicted molar refractivity (Wildman–Crippen MR) is 118 cm³/mol. The van der Waals surface area contributed by atoms with Gasteiger partial charge in [-0.3, -0.25) is 14.3 Å². The molecular weight excluding hydrogens is 433 g/mol. The molecule has 0 saturated carbocycles. The predicted octanol–water partition coefficient (Wildman–Crippen LogP) is 3.51. The van der Waals surface area contributed by atoms with E-state index < -0.39 is 0 Å². The smallest absolute Gasteiger partial charge is 0.324 e. The molecule has 2 heterocycles. The van der Waals surface area contributed by atoms with Gasteiger partial charge >= 0.3 is 6.03 Å². The molecule has 3 aromatic rings. The number of hydrogen-bond acceptors (Lipinski definition) is 6. The molecule has 3 amide bonds. The third-order valence-electron chi connectivity index (χ3n) is 4.84. The summed E-state index contributed by atoms with van der Waals surface area (Å²) in [5.41, 5.74) is 1.12. The molecule has 0 unspecified atom stereocenters. The maximum atomic E-state index is 14.7. The second kappa shape index (κ2) is 9.82. The molecule has 0 atom stereocenters. The normalized spacial score (nSPS) is 13.5. The summed E-state index contributed by atoms with van der Waals surface area (Å²) >= 11 is 1.39. The minimum atomic E-state index is -0.388. The molecular formula is C22H22FN5O3S. The lowest BCUT2D eigenvalue weighted by molar-refractivity contribution is -0.124. The van der Waals surface area contributed by atoms with E-state index in [2.05, 4.69) is 15.5 Å². The molecule has 1 aliphatic rings. The van der Waals surface area contributed by atoms with Gasteiger partial charge in [-0.2, -0.15) is 0 Å². The molecule has 2 aromatic carbocycles. The van der Waals surface area contributed by atoms with Crippen LogP contribution in [0.2, 0.25) is 0 Å². The molecule has 1 fully saturated rings. The Labute approximate surface area is 188 Å². The highest BCUT2D eigenvalue weighted by atomic mass is 32.2. The number of nitrogens with one attached hydrogen (secondary N) is 1. The molecule has 8 nitrogen and oxygen atoms in total. The van der Waals surface area contributed by atoms with Crippen LogP contribution in [-0.4, -0.2) is 57.1 Å². The van der Waals surface area contributed by atoms with Crippen LogP contribution in [0.4, 0.5) is 9.18 Å². The molecule has 10 heteroatoms. The van der Waals surface area contributed by atoms with Gasteiger partial charge in [0.1, 0.15) is 11.6 Å². The summed E-state index contributed by atoms with van der Waals surface area (Å²) in [7, 11) is 0. The van der Waals surface area contributed by atoms with Gasteiger partial charge in [-0.15, -0.1) is 10.2 Å². The Morgan fingerprint density at radius 3 is 2.59 bits per heavy atom. The van der Waals surface area contributed by atoms with Gasteiger partial charge in [0, 0.05) is 17.9 Å². The van der Waals surface area contributed by atoms with Crippen LogP contribution >= 0.6 is 11.8 Å². The second-order valence-electron chi connectivity index (χ2n) is 6.96. The molecule has 1 saturated heterocycles. The van der Waals surface area contributed by atoms with Crippen molar-refractivity contribution < 1.29 is 18.7 Å². The minimum Gasteiger partial charge on any atom is -0.494 e. The summed E-state index contributed by atoms with van der Waals surface area (Å²) in [6.45, 7) is 2.84. The summed E-state index contributed by atoms with van der Waals surface area (Å²) in [5, 5.41) is 11.6. The van der Waals surface area contributed by atoms with E-state index in [-0.39, 0.29) is 24.3 Å². The largest absolute Gasteiger partial charge is 0.494 e. The molecule has 32 heavy (non-hydrogen) atoms. The van der Waals surface area contributed by atoms with E-state index in [1.165, 1.54) is 22.7 Å². The van der Waals surface area contributed by atoms with Crippen molar-refractivity contribution >= 4 is 23.7 Å². The number of para-hydroxylation sites is 1. The maximum Gasteiger partial charge on any atom is 0.324 e. The third-order valence-corrected chi connectivity index (χ3v) is 5.86. The van der Waals surface area contributed by atoms with E-state index in [4.69, 9.17) is 4.74 Å². The molecule has 0 aliphatic carbocycles. The lowest BCUT2D eigenvalue weighted by Gasteiger charge is -2.13. The number of rotatable bonds is 9. The van der Waals surface area contributed by atoms with Gasteiger partial charge in [-0.25, -0.2) is 9.18 Å². The number of ether oxygens (including phenoxy) is 1. The van der Waals surface area contributed by atoms with Crippen molar-refractivity contribution in [2.75, 3.05) is 25.4 Å². The average molecular weight is 456 g/mol. The Hall–Kier alpha value is -3.40. The van der Waals surface area contributed by atoms with Crippen molar-refractivity contribution in [2.45, 2.75) is 18.5 Å². The first kappa shape index (κ1) is 21.8. The summed E-state index contributed by atoms with van der Waals surface area (Å²) in [4.78, 5) is 24.6. The Morgan fingerprint density at radius 2 is 1.91 bits per heavy atom. The summed E-state index contributed by atoms with van der Waals surface area (Å²) in [6, 6.07) is 13.5. The van der Waals surface area contributed by atoms with Gasteiger partial charge in [-0.1, -0.05) is 23.9 Å². The van der Waals surface area contributed by atoms with Crippen molar-refractivity contribution in [2.24, 2.45) is 0 Å². The van der Waals surface area contributed by atoms with E-state index >= 15 is 0 Å². The van der Waals surface area contributed by atoms with Crippen molar-refractivity contribution in [3.63, 3.8) is 0 Å². The topological polar surface area (TPSA) is 89.4 Å². The number of hydrogen-bond donors (Lipinski definition) is 1. The maximum absolute atomic E-state index is 14.7. The Bertz CT molecular complexity index is 1100. The van der Waals surface area contributed by atoms with Crippen LogP contribution in [0.25, 0.3) is 17.1 Å². The molecule has 0 bridgehead atoms. The number of halogens is 1. The van der Waals surface area contributed by atoms with E-state index in [1.807, 2.05) is 31.2 Å². The summed E-state index contributed by atoms with van der Waals surface area (Å²) in [5.74, 6) is 1.21. The average Bonchev–Trinajstić information content (AvgIpc) is 3.35. The van der Waals surface area contributed by atoms with E-state index in [0.29, 0.717) is 42.0 Å². The van der Waals surface area contributed by atoms with E-state index in [1.54, 1.807) is 22.8 Å². The molecule has 0 radical (unpaired) electrons. The third kappa shape index (κ3) is 4.59. The molecule has 1 aliphatic heterocycles. The number of thioether (sulfide) groups is 1. The highest BCUT2D eigenvalue weighted by Crippen LogP contribution is 2.30. The van der Waals surface area contributed by atoms with Crippen LogP contribution in [0.1, 0.15) is 13.3 Å². The standard InChI is InChI=1S/C22H22FN5O3S/c1-2-31-16-10-8-15(9-11-16)20-25-26-22(28(20)18-7-4-3-6-17(18)23)32-13-5-12-27-19(29)14-24-21(27)30/h3-4,6-11H,2,5,12-14H2,1H3,(H,24,30). The van der Waals surface area contributed by atoms with Crippen LogP contribution < -0.4 is 10.1 Å². The number of aromatic nitrogens is 3. The Balaban J connectivity index is 1.56. The SMILES string of the molecule is CCOc1ccc(-c2nnc(SCCCN3C(=O)CNC3=O)n2-c2ccccc2F)cc1. The number of amides is 3. The fourth-order valence-corrected chi connectivity index (χ4v) is 4.20. The monoisotopic (exact) mass is 455 g/mol. The van der Waals surface area contributed by atoms with E-state index in [0.717, 1.165) is 11.3 Å². The van der Waals surface area contributed by atoms with Crippen molar-refractivity contribution in [1.29, 1.82) is 0 Å².